The van der Waals surface area contributed by atoms with Crippen molar-refractivity contribution < 1.29 is 4.79 Å². The van der Waals surface area contributed by atoms with E-state index < -0.39 is 0 Å². The van der Waals surface area contributed by atoms with Crippen molar-refractivity contribution in [2.24, 2.45) is 10.9 Å². The number of carbonyl (C=O) groups excluding carboxylic acids is 1. The molecule has 0 aromatic heterocycles. The van der Waals surface area contributed by atoms with Crippen LogP contribution in [0, 0.1) is 5.92 Å². The van der Waals surface area contributed by atoms with Crippen LogP contribution in [0.4, 0.5) is 0 Å². The van der Waals surface area contributed by atoms with Crippen LogP contribution in [0.15, 0.2) is 73.0 Å². The zero-order valence-electron chi connectivity index (χ0n) is 13.4. The van der Waals surface area contributed by atoms with Gasteiger partial charge in [-0.15, -0.1) is 0 Å². The number of allylic oxidation sites excluding steroid dienone is 2. The largest absolute Gasteiger partial charge is 0.322 e. The molecule has 1 aromatic rings. The first-order chi connectivity index (χ1) is 10.7. The van der Waals surface area contributed by atoms with E-state index in [1.54, 1.807) is 24.4 Å². The van der Waals surface area contributed by atoms with Gasteiger partial charge in [-0.3, -0.25) is 9.79 Å². The summed E-state index contributed by atoms with van der Waals surface area (Å²) in [4.78, 5) is 17.1. The predicted molar refractivity (Wildman–Crippen MR) is 93.8 cm³/mol. The van der Waals surface area contributed by atoms with Gasteiger partial charge in [0.25, 0.3) is 0 Å². The Morgan fingerprint density at radius 1 is 1.32 bits per heavy atom. The van der Waals surface area contributed by atoms with Gasteiger partial charge in [-0.05, 0) is 37.1 Å². The Hall–Kier alpha value is -2.42. The van der Waals surface area contributed by atoms with Gasteiger partial charge in [0, 0.05) is 25.4 Å². The highest BCUT2D eigenvalue weighted by Crippen LogP contribution is 2.48. The van der Waals surface area contributed by atoms with Gasteiger partial charge in [-0.1, -0.05) is 49.6 Å². The van der Waals surface area contributed by atoms with Gasteiger partial charge < -0.3 is 4.90 Å². The summed E-state index contributed by atoms with van der Waals surface area (Å²) in [5.41, 5.74) is 1.27. The molecule has 116 valence electrons. The molecule has 1 saturated carbocycles. The molecule has 3 nitrogen and oxygen atoms in total. The summed E-state index contributed by atoms with van der Waals surface area (Å²) in [5.74, 6) is 0.760. The minimum atomic E-state index is 0.162. The average molecular weight is 296 g/mol. The Labute approximate surface area is 133 Å². The molecule has 1 aromatic carbocycles. The third-order valence-corrected chi connectivity index (χ3v) is 3.43. The molecular formula is C19H24N2O. The number of carbonyl (C=O) groups is 1. The number of rotatable bonds is 5. The zero-order valence-corrected chi connectivity index (χ0v) is 13.4. The summed E-state index contributed by atoms with van der Waals surface area (Å²) < 4.78 is 0. The van der Waals surface area contributed by atoms with Crippen LogP contribution in [-0.2, 0) is 4.79 Å². The van der Waals surface area contributed by atoms with Crippen LogP contribution in [0.2, 0.25) is 0 Å². The van der Waals surface area contributed by atoms with Crippen molar-refractivity contribution in [3.63, 3.8) is 0 Å². The molecule has 0 aliphatic heterocycles. The van der Waals surface area contributed by atoms with E-state index in [4.69, 9.17) is 0 Å². The summed E-state index contributed by atoms with van der Waals surface area (Å²) in [7, 11) is 1.76. The van der Waals surface area contributed by atoms with Gasteiger partial charge in [0.2, 0.25) is 5.91 Å². The maximum Gasteiger partial charge on any atom is 0.229 e. The van der Waals surface area contributed by atoms with Crippen molar-refractivity contribution in [1.82, 2.24) is 4.90 Å². The van der Waals surface area contributed by atoms with Crippen molar-refractivity contribution in [3.8, 4) is 0 Å². The van der Waals surface area contributed by atoms with Crippen LogP contribution in [-0.4, -0.2) is 24.1 Å². The van der Waals surface area contributed by atoms with Gasteiger partial charge in [-0.2, -0.15) is 0 Å². The van der Waals surface area contributed by atoms with Gasteiger partial charge in [0.05, 0.1) is 0 Å². The highest BCUT2D eigenvalue weighted by molar-refractivity contribution is 5.83. The Balaban J connectivity index is 0.000000295. The number of hydrogen-bond acceptors (Lipinski definition) is 2. The van der Waals surface area contributed by atoms with E-state index in [0.29, 0.717) is 5.92 Å². The molecule has 0 N–H and O–H groups in total. The van der Waals surface area contributed by atoms with E-state index >= 15 is 0 Å². The van der Waals surface area contributed by atoms with E-state index in [1.165, 1.54) is 11.8 Å². The van der Waals surface area contributed by atoms with Crippen molar-refractivity contribution in [2.75, 3.05) is 7.05 Å². The van der Waals surface area contributed by atoms with E-state index in [-0.39, 0.29) is 11.8 Å². The Bertz CT molecular complexity index is 546. The number of benzene rings is 1. The molecule has 2 atom stereocenters. The molecule has 0 bridgehead atoms. The lowest BCUT2D eigenvalue weighted by Gasteiger charge is -2.10. The third kappa shape index (κ3) is 5.52. The summed E-state index contributed by atoms with van der Waals surface area (Å²) in [6.45, 7) is 8.94. The van der Waals surface area contributed by atoms with Gasteiger partial charge in [0.1, 0.15) is 0 Å². The fourth-order valence-corrected chi connectivity index (χ4v) is 2.08. The Morgan fingerprint density at radius 2 is 2.00 bits per heavy atom. The van der Waals surface area contributed by atoms with Crippen LogP contribution in [0.5, 0.6) is 0 Å². The van der Waals surface area contributed by atoms with E-state index in [1.807, 2.05) is 37.3 Å². The van der Waals surface area contributed by atoms with Crippen molar-refractivity contribution >= 4 is 12.1 Å². The molecule has 1 amide bonds. The second-order valence-corrected chi connectivity index (χ2v) is 5.00. The molecule has 3 heteroatoms. The van der Waals surface area contributed by atoms with Crippen LogP contribution in [0.1, 0.15) is 24.8 Å². The van der Waals surface area contributed by atoms with Crippen LogP contribution in [0.25, 0.3) is 0 Å². The Morgan fingerprint density at radius 3 is 2.55 bits per heavy atom. The van der Waals surface area contributed by atoms with Crippen LogP contribution in [0.3, 0.4) is 0 Å². The highest BCUT2D eigenvalue weighted by Gasteiger charge is 2.44. The van der Waals surface area contributed by atoms with Crippen LogP contribution < -0.4 is 0 Å². The SMILES string of the molecule is C=CN(C)C(=O)C1CC1c1ccccc1.C=CN=C/C=C\C. The molecule has 1 fully saturated rings. The second kappa shape index (κ2) is 9.50. The quantitative estimate of drug-likeness (QED) is 0.751. The smallest absolute Gasteiger partial charge is 0.229 e. The van der Waals surface area contributed by atoms with Gasteiger partial charge >= 0.3 is 0 Å². The topological polar surface area (TPSA) is 32.7 Å². The molecule has 0 heterocycles. The van der Waals surface area contributed by atoms with E-state index in [2.05, 4.69) is 30.3 Å². The summed E-state index contributed by atoms with van der Waals surface area (Å²) in [6.07, 6.45) is 9.49. The summed E-state index contributed by atoms with van der Waals surface area (Å²) in [5, 5.41) is 0. The van der Waals surface area contributed by atoms with E-state index in [9.17, 15) is 4.79 Å². The van der Waals surface area contributed by atoms with Crippen LogP contribution >= 0.6 is 0 Å². The minimum absolute atomic E-state index is 0.162. The summed E-state index contributed by atoms with van der Waals surface area (Å²) >= 11 is 0. The first kappa shape index (κ1) is 17.6. The van der Waals surface area contributed by atoms with Gasteiger partial charge in [-0.25, -0.2) is 0 Å². The first-order valence-electron chi connectivity index (χ1n) is 7.35. The third-order valence-electron chi connectivity index (χ3n) is 3.43. The molecule has 2 unspecified atom stereocenters. The molecule has 1 aliphatic carbocycles. The second-order valence-electron chi connectivity index (χ2n) is 5.00. The van der Waals surface area contributed by atoms with Crippen molar-refractivity contribution in [1.29, 1.82) is 0 Å². The molecule has 0 radical (unpaired) electrons. The summed E-state index contributed by atoms with van der Waals surface area (Å²) in [6, 6.07) is 10.2. The molecule has 0 saturated heterocycles. The maximum absolute atomic E-state index is 11.8. The fraction of sp³-hybridized carbons (Fsp3) is 0.263. The number of aliphatic imine (C=N–C) groups is 1. The minimum Gasteiger partial charge on any atom is -0.322 e. The van der Waals surface area contributed by atoms with Crippen molar-refractivity contribution in [2.45, 2.75) is 19.3 Å². The molecule has 0 spiro atoms. The predicted octanol–water partition coefficient (Wildman–Crippen LogP) is 4.17. The monoisotopic (exact) mass is 296 g/mol. The molecule has 1 aliphatic rings. The lowest BCUT2D eigenvalue weighted by molar-refractivity contribution is -0.128. The number of hydrogen-bond donors (Lipinski definition) is 0. The average Bonchev–Trinajstić information content (AvgIpc) is 3.36. The molecule has 22 heavy (non-hydrogen) atoms. The first-order valence-corrected chi connectivity index (χ1v) is 7.35. The van der Waals surface area contributed by atoms with Gasteiger partial charge in [0.15, 0.2) is 0 Å². The lowest BCUT2D eigenvalue weighted by atomic mass is 10.1. The fourth-order valence-electron chi connectivity index (χ4n) is 2.08. The normalized spacial score (nSPS) is 19.4. The molecular weight excluding hydrogens is 272 g/mol. The standard InChI is InChI=1S/C13H15NO.C6H9N/c1-3-14(2)13(15)12-9-11(12)10-7-5-4-6-8-10;1-3-5-6-7-4-2/h3-8,11-12H,1,9H2,2H3;3-6H,2H2,1H3/b;5-3-,7-6?. The van der Waals surface area contributed by atoms with E-state index in [0.717, 1.165) is 6.42 Å². The maximum atomic E-state index is 11.8. The highest BCUT2D eigenvalue weighted by atomic mass is 16.2. The molecule has 2 rings (SSSR count). The van der Waals surface area contributed by atoms with Crippen molar-refractivity contribution in [3.05, 3.63) is 73.6 Å². The lowest BCUT2D eigenvalue weighted by Crippen LogP contribution is -2.22. The zero-order chi connectivity index (χ0) is 16.4. The number of nitrogens with zero attached hydrogens (tertiary/aromatic N) is 2. The number of amides is 1. The Kier molecular flexibility index (Phi) is 7.62.